The maximum atomic E-state index is 4.45. The lowest BCUT2D eigenvalue weighted by Crippen LogP contribution is -2.18. The topological polar surface area (TPSA) is 47.2 Å². The van der Waals surface area contributed by atoms with Gasteiger partial charge in [-0.1, -0.05) is 6.07 Å². The normalized spacial score (nSPS) is 11.4. The number of fused-ring (bicyclic) bond motifs is 1. The van der Waals surface area contributed by atoms with Crippen molar-refractivity contribution in [2.45, 2.75) is 26.8 Å². The molecular formula is C16H21N5. The predicted octanol–water partition coefficient (Wildman–Crippen LogP) is 2.02. The van der Waals surface area contributed by atoms with Crippen molar-refractivity contribution in [2.24, 2.45) is 7.05 Å². The van der Waals surface area contributed by atoms with E-state index >= 15 is 0 Å². The molecule has 0 saturated heterocycles. The minimum Gasteiger partial charge on any atom is -0.311 e. The Morgan fingerprint density at radius 2 is 2.10 bits per heavy atom. The summed E-state index contributed by atoms with van der Waals surface area (Å²) >= 11 is 0. The van der Waals surface area contributed by atoms with E-state index in [0.29, 0.717) is 0 Å². The molecule has 0 saturated carbocycles. The van der Waals surface area contributed by atoms with Gasteiger partial charge in [-0.25, -0.2) is 4.98 Å². The fraction of sp³-hybridized carbons (Fsp3) is 0.375. The third-order valence-corrected chi connectivity index (χ3v) is 4.01. The number of aryl methyl sites for hydroxylation is 2. The summed E-state index contributed by atoms with van der Waals surface area (Å²) in [7, 11) is 2.00. The van der Waals surface area contributed by atoms with Crippen molar-refractivity contribution in [3.63, 3.8) is 0 Å². The second kappa shape index (κ2) is 5.69. The van der Waals surface area contributed by atoms with Crippen molar-refractivity contribution in [1.82, 2.24) is 24.5 Å². The van der Waals surface area contributed by atoms with E-state index in [-0.39, 0.29) is 0 Å². The van der Waals surface area contributed by atoms with Crippen LogP contribution in [0, 0.1) is 13.8 Å². The molecule has 0 aliphatic heterocycles. The Labute approximate surface area is 124 Å². The Bertz CT molecular complexity index is 753. The number of nitrogens with one attached hydrogen (secondary N) is 1. The first-order valence-corrected chi connectivity index (χ1v) is 7.27. The number of nitrogens with zero attached hydrogens (tertiary/aromatic N) is 4. The highest BCUT2D eigenvalue weighted by Crippen LogP contribution is 2.12. The maximum absolute atomic E-state index is 4.45. The number of hydrogen-bond donors (Lipinski definition) is 1. The average molecular weight is 283 g/mol. The van der Waals surface area contributed by atoms with Crippen molar-refractivity contribution >= 4 is 5.65 Å². The molecule has 110 valence electrons. The van der Waals surface area contributed by atoms with Crippen molar-refractivity contribution in [2.75, 3.05) is 6.54 Å². The van der Waals surface area contributed by atoms with Gasteiger partial charge in [0.2, 0.25) is 0 Å². The molecule has 0 atom stereocenters. The lowest BCUT2D eigenvalue weighted by atomic mass is 10.1. The van der Waals surface area contributed by atoms with Crippen LogP contribution in [0.25, 0.3) is 5.65 Å². The summed E-state index contributed by atoms with van der Waals surface area (Å²) in [4.78, 5) is 4.40. The highest BCUT2D eigenvalue weighted by Gasteiger charge is 2.08. The van der Waals surface area contributed by atoms with Crippen molar-refractivity contribution < 1.29 is 0 Å². The molecule has 0 aliphatic rings. The zero-order valence-corrected chi connectivity index (χ0v) is 12.8. The highest BCUT2D eigenvalue weighted by molar-refractivity contribution is 5.39. The second-order valence-corrected chi connectivity index (χ2v) is 5.38. The zero-order chi connectivity index (χ0) is 14.8. The van der Waals surface area contributed by atoms with Crippen molar-refractivity contribution in [3.8, 4) is 0 Å². The Balaban J connectivity index is 1.59. The quantitative estimate of drug-likeness (QED) is 0.729. The van der Waals surface area contributed by atoms with E-state index in [4.69, 9.17) is 0 Å². The summed E-state index contributed by atoms with van der Waals surface area (Å²) in [6.07, 6.45) is 4.99. The van der Waals surface area contributed by atoms with Gasteiger partial charge in [0.25, 0.3) is 0 Å². The second-order valence-electron chi connectivity index (χ2n) is 5.38. The van der Waals surface area contributed by atoms with Crippen LogP contribution in [0.15, 0.2) is 30.6 Å². The number of aromatic nitrogens is 4. The van der Waals surface area contributed by atoms with E-state index < -0.39 is 0 Å². The first-order chi connectivity index (χ1) is 10.2. The van der Waals surface area contributed by atoms with Crippen LogP contribution in [-0.4, -0.2) is 25.7 Å². The Hall–Kier alpha value is -2.14. The number of imidazole rings is 1. The fourth-order valence-corrected chi connectivity index (χ4v) is 2.72. The van der Waals surface area contributed by atoms with E-state index in [2.05, 4.69) is 39.8 Å². The van der Waals surface area contributed by atoms with Gasteiger partial charge >= 0.3 is 0 Å². The van der Waals surface area contributed by atoms with Gasteiger partial charge in [0.05, 0.1) is 17.6 Å². The van der Waals surface area contributed by atoms with Crippen LogP contribution in [0.2, 0.25) is 0 Å². The van der Waals surface area contributed by atoms with Gasteiger partial charge in [-0.15, -0.1) is 0 Å². The van der Waals surface area contributed by atoms with Crippen LogP contribution in [-0.2, 0) is 20.0 Å². The van der Waals surface area contributed by atoms with Crippen LogP contribution >= 0.6 is 0 Å². The maximum Gasteiger partial charge on any atom is 0.136 e. The molecular weight excluding hydrogens is 262 g/mol. The molecule has 0 radical (unpaired) electrons. The van der Waals surface area contributed by atoms with Crippen LogP contribution in [0.4, 0.5) is 0 Å². The van der Waals surface area contributed by atoms with Crippen LogP contribution in [0.3, 0.4) is 0 Å². The Kier molecular flexibility index (Phi) is 3.75. The summed E-state index contributed by atoms with van der Waals surface area (Å²) < 4.78 is 4.07. The van der Waals surface area contributed by atoms with E-state index in [1.54, 1.807) is 0 Å². The Morgan fingerprint density at radius 1 is 1.24 bits per heavy atom. The van der Waals surface area contributed by atoms with Crippen LogP contribution in [0.1, 0.15) is 22.6 Å². The number of rotatable bonds is 5. The Morgan fingerprint density at radius 3 is 2.86 bits per heavy atom. The average Bonchev–Trinajstić information content (AvgIpc) is 2.99. The minimum atomic E-state index is 0.823. The van der Waals surface area contributed by atoms with Gasteiger partial charge in [-0.3, -0.25) is 4.68 Å². The lowest BCUT2D eigenvalue weighted by Gasteiger charge is -2.05. The van der Waals surface area contributed by atoms with Gasteiger partial charge in [0.15, 0.2) is 0 Å². The van der Waals surface area contributed by atoms with Gasteiger partial charge in [-0.05, 0) is 44.5 Å². The van der Waals surface area contributed by atoms with E-state index in [9.17, 15) is 0 Å². The molecule has 0 bridgehead atoms. The molecule has 5 nitrogen and oxygen atoms in total. The molecule has 3 heterocycles. The van der Waals surface area contributed by atoms with E-state index in [1.165, 1.54) is 17.0 Å². The van der Waals surface area contributed by atoms with E-state index in [1.807, 2.05) is 36.1 Å². The predicted molar refractivity (Wildman–Crippen MR) is 83.3 cm³/mol. The first-order valence-electron chi connectivity index (χ1n) is 7.27. The minimum absolute atomic E-state index is 0.823. The molecule has 3 aromatic heterocycles. The van der Waals surface area contributed by atoms with Crippen molar-refractivity contribution in [1.29, 1.82) is 0 Å². The SMILES string of the molecule is Cc1nn(C)c(C)c1CCNCc1cnc2ccccn12. The summed E-state index contributed by atoms with van der Waals surface area (Å²) in [5.74, 6) is 0. The third-order valence-electron chi connectivity index (χ3n) is 4.01. The fourth-order valence-electron chi connectivity index (χ4n) is 2.72. The highest BCUT2D eigenvalue weighted by atomic mass is 15.3. The van der Waals surface area contributed by atoms with Gasteiger partial charge in [0.1, 0.15) is 5.65 Å². The van der Waals surface area contributed by atoms with Crippen molar-refractivity contribution in [3.05, 3.63) is 53.2 Å². The summed E-state index contributed by atoms with van der Waals surface area (Å²) in [6.45, 7) is 5.96. The first kappa shape index (κ1) is 13.8. The van der Waals surface area contributed by atoms with Gasteiger partial charge < -0.3 is 9.72 Å². The molecule has 0 fully saturated rings. The standard InChI is InChI=1S/C16H21N5/c1-12-15(13(2)20(3)19-12)7-8-17-10-14-11-18-16-6-4-5-9-21(14)16/h4-6,9,11,17H,7-8,10H2,1-3H3. The zero-order valence-electron chi connectivity index (χ0n) is 12.8. The molecule has 3 aromatic rings. The molecule has 0 amide bonds. The largest absolute Gasteiger partial charge is 0.311 e. The number of pyridine rings is 1. The molecule has 0 spiro atoms. The third kappa shape index (κ3) is 2.69. The molecule has 5 heteroatoms. The van der Waals surface area contributed by atoms with Crippen LogP contribution < -0.4 is 5.32 Å². The summed E-state index contributed by atoms with van der Waals surface area (Å²) in [5, 5.41) is 7.95. The lowest BCUT2D eigenvalue weighted by molar-refractivity contribution is 0.667. The summed E-state index contributed by atoms with van der Waals surface area (Å²) in [6, 6.07) is 6.06. The molecule has 0 aliphatic carbocycles. The monoisotopic (exact) mass is 283 g/mol. The molecule has 0 aromatic carbocycles. The number of hydrogen-bond acceptors (Lipinski definition) is 3. The smallest absolute Gasteiger partial charge is 0.136 e. The summed E-state index contributed by atoms with van der Waals surface area (Å²) in [5.41, 5.74) is 5.91. The molecule has 0 unspecified atom stereocenters. The van der Waals surface area contributed by atoms with Gasteiger partial charge in [0, 0.05) is 25.5 Å². The molecule has 21 heavy (non-hydrogen) atoms. The van der Waals surface area contributed by atoms with E-state index in [0.717, 1.165) is 30.9 Å². The van der Waals surface area contributed by atoms with Crippen LogP contribution in [0.5, 0.6) is 0 Å². The molecule has 1 N–H and O–H groups in total. The molecule has 3 rings (SSSR count). The van der Waals surface area contributed by atoms with Gasteiger partial charge in [-0.2, -0.15) is 5.10 Å².